The maximum Gasteiger partial charge on any atom is 0.223 e. The highest BCUT2D eigenvalue weighted by molar-refractivity contribution is 5.76. The van der Waals surface area contributed by atoms with Gasteiger partial charge in [0.2, 0.25) is 5.91 Å². The van der Waals surface area contributed by atoms with Gasteiger partial charge in [-0.25, -0.2) is 0 Å². The lowest BCUT2D eigenvalue weighted by atomic mass is 10.0. The first-order valence-electron chi connectivity index (χ1n) is 10.3. The predicted octanol–water partition coefficient (Wildman–Crippen LogP) is 4.89. The molecule has 1 heterocycles. The van der Waals surface area contributed by atoms with Gasteiger partial charge in [-0.1, -0.05) is 48.5 Å². The molecule has 0 aliphatic rings. The number of carbonyl (C=O) groups is 1. The van der Waals surface area contributed by atoms with Crippen molar-refractivity contribution >= 4 is 5.91 Å². The summed E-state index contributed by atoms with van der Waals surface area (Å²) in [5.74, 6) is 1.48. The zero-order valence-electron chi connectivity index (χ0n) is 17.5. The van der Waals surface area contributed by atoms with Crippen LogP contribution in [0.4, 0.5) is 0 Å². The van der Waals surface area contributed by atoms with Gasteiger partial charge in [-0.2, -0.15) is 0 Å². The molecule has 30 heavy (non-hydrogen) atoms. The molecular weight excluding hydrogens is 376 g/mol. The fourth-order valence-electron chi connectivity index (χ4n) is 3.34. The number of rotatable bonds is 10. The summed E-state index contributed by atoms with van der Waals surface area (Å²) in [6.45, 7) is 2.97. The van der Waals surface area contributed by atoms with Crippen LogP contribution < -0.4 is 9.47 Å². The summed E-state index contributed by atoms with van der Waals surface area (Å²) in [4.78, 5) is 19.2. The van der Waals surface area contributed by atoms with Crippen LogP contribution in [0.15, 0.2) is 79.0 Å². The third kappa shape index (κ3) is 5.60. The van der Waals surface area contributed by atoms with Crippen LogP contribution in [0.2, 0.25) is 0 Å². The molecular formula is C25H28N2O3. The van der Waals surface area contributed by atoms with Crippen molar-refractivity contribution < 1.29 is 14.3 Å². The zero-order chi connectivity index (χ0) is 21.2. The van der Waals surface area contributed by atoms with Crippen molar-refractivity contribution in [3.05, 3.63) is 90.3 Å². The molecule has 3 aromatic rings. The zero-order valence-corrected chi connectivity index (χ0v) is 17.5. The van der Waals surface area contributed by atoms with Gasteiger partial charge < -0.3 is 14.4 Å². The van der Waals surface area contributed by atoms with Crippen molar-refractivity contribution in [1.82, 2.24) is 9.88 Å². The van der Waals surface area contributed by atoms with Crippen LogP contribution in [0.1, 0.15) is 37.1 Å². The van der Waals surface area contributed by atoms with E-state index in [1.54, 1.807) is 11.1 Å². The second kappa shape index (κ2) is 11.0. The fraction of sp³-hybridized carbons (Fsp3) is 0.280. The van der Waals surface area contributed by atoms with Crippen LogP contribution >= 0.6 is 0 Å². The lowest BCUT2D eigenvalue weighted by Gasteiger charge is -2.28. The van der Waals surface area contributed by atoms with E-state index in [1.807, 2.05) is 86.8 Å². The Morgan fingerprint density at radius 3 is 2.27 bits per heavy atom. The van der Waals surface area contributed by atoms with E-state index >= 15 is 0 Å². The van der Waals surface area contributed by atoms with Crippen LogP contribution in [-0.4, -0.2) is 36.1 Å². The maximum absolute atomic E-state index is 12.9. The highest BCUT2D eigenvalue weighted by atomic mass is 16.5. The van der Waals surface area contributed by atoms with E-state index in [9.17, 15) is 4.79 Å². The number of amides is 1. The lowest BCUT2D eigenvalue weighted by Crippen LogP contribution is -2.32. The molecule has 156 valence electrons. The molecule has 1 amide bonds. The number of aromatic nitrogens is 1. The van der Waals surface area contributed by atoms with Crippen LogP contribution in [0.25, 0.3) is 0 Å². The van der Waals surface area contributed by atoms with Gasteiger partial charge in [0, 0.05) is 19.7 Å². The smallest absolute Gasteiger partial charge is 0.223 e. The average Bonchev–Trinajstić information content (AvgIpc) is 2.79. The fourth-order valence-corrected chi connectivity index (χ4v) is 3.34. The first-order chi connectivity index (χ1) is 14.7. The molecule has 0 N–H and O–H groups in total. The molecule has 0 bridgehead atoms. The van der Waals surface area contributed by atoms with Crippen molar-refractivity contribution in [2.24, 2.45) is 0 Å². The number of benzene rings is 2. The minimum Gasteiger partial charge on any atom is -0.490 e. The second-order valence-electron chi connectivity index (χ2n) is 6.90. The van der Waals surface area contributed by atoms with Gasteiger partial charge >= 0.3 is 0 Å². The van der Waals surface area contributed by atoms with Crippen LogP contribution in [0.5, 0.6) is 11.5 Å². The predicted molar refractivity (Wildman–Crippen MR) is 118 cm³/mol. The highest BCUT2D eigenvalue weighted by Crippen LogP contribution is 2.28. The SMILES string of the molecule is CCOc1ccccc1OCCCC(=O)N(C)C(c1ccccc1)c1ccccn1. The van der Waals surface area contributed by atoms with Gasteiger partial charge in [-0.05, 0) is 43.2 Å². The Kier molecular flexibility index (Phi) is 7.84. The van der Waals surface area contributed by atoms with E-state index in [0.29, 0.717) is 31.8 Å². The largest absolute Gasteiger partial charge is 0.490 e. The third-order valence-electron chi connectivity index (χ3n) is 4.81. The van der Waals surface area contributed by atoms with E-state index in [0.717, 1.165) is 17.0 Å². The van der Waals surface area contributed by atoms with Crippen LogP contribution in [0.3, 0.4) is 0 Å². The van der Waals surface area contributed by atoms with Gasteiger partial charge in [-0.3, -0.25) is 9.78 Å². The van der Waals surface area contributed by atoms with Crippen molar-refractivity contribution in [3.63, 3.8) is 0 Å². The van der Waals surface area contributed by atoms with Crippen LogP contribution in [0, 0.1) is 0 Å². The minimum atomic E-state index is -0.223. The Morgan fingerprint density at radius 1 is 0.933 bits per heavy atom. The van der Waals surface area contributed by atoms with Crippen molar-refractivity contribution in [1.29, 1.82) is 0 Å². The highest BCUT2D eigenvalue weighted by Gasteiger charge is 2.24. The molecule has 1 aromatic heterocycles. The number of carbonyl (C=O) groups excluding carboxylic acids is 1. The van der Waals surface area contributed by atoms with E-state index in [2.05, 4.69) is 4.98 Å². The molecule has 0 saturated heterocycles. The number of para-hydroxylation sites is 2. The molecule has 3 rings (SSSR count). The average molecular weight is 405 g/mol. The van der Waals surface area contributed by atoms with Gasteiger partial charge in [0.25, 0.3) is 0 Å². The van der Waals surface area contributed by atoms with Gasteiger partial charge in [-0.15, -0.1) is 0 Å². The first-order valence-corrected chi connectivity index (χ1v) is 10.3. The van der Waals surface area contributed by atoms with Gasteiger partial charge in [0.05, 0.1) is 24.9 Å². The number of nitrogens with zero attached hydrogens (tertiary/aromatic N) is 2. The van der Waals surface area contributed by atoms with Gasteiger partial charge in [0.15, 0.2) is 11.5 Å². The molecule has 1 unspecified atom stereocenters. The number of pyridine rings is 1. The van der Waals surface area contributed by atoms with E-state index in [4.69, 9.17) is 9.47 Å². The Hall–Kier alpha value is -3.34. The molecule has 5 nitrogen and oxygen atoms in total. The number of ether oxygens (including phenoxy) is 2. The Labute approximate surface area is 178 Å². The summed E-state index contributed by atoms with van der Waals surface area (Å²) in [7, 11) is 1.83. The summed E-state index contributed by atoms with van der Waals surface area (Å²) in [6.07, 6.45) is 2.77. The normalized spacial score (nSPS) is 11.5. The standard InChI is InChI=1S/C25H28N2O3/c1-3-29-22-15-7-8-16-23(22)30-19-11-17-24(28)27(2)25(20-12-5-4-6-13-20)21-14-9-10-18-26-21/h4-10,12-16,18,25H,3,11,17,19H2,1-2H3. The quantitative estimate of drug-likeness (QED) is 0.452. The molecule has 5 heteroatoms. The molecule has 0 radical (unpaired) electrons. The van der Waals surface area contributed by atoms with E-state index in [1.165, 1.54) is 0 Å². The van der Waals surface area contributed by atoms with Gasteiger partial charge in [0.1, 0.15) is 0 Å². The van der Waals surface area contributed by atoms with E-state index < -0.39 is 0 Å². The molecule has 2 aromatic carbocycles. The van der Waals surface area contributed by atoms with Crippen molar-refractivity contribution in [3.8, 4) is 11.5 Å². The third-order valence-corrected chi connectivity index (χ3v) is 4.81. The summed E-state index contributed by atoms with van der Waals surface area (Å²) in [5, 5.41) is 0. The Bertz CT molecular complexity index is 876. The second-order valence-corrected chi connectivity index (χ2v) is 6.90. The van der Waals surface area contributed by atoms with Crippen molar-refractivity contribution in [2.45, 2.75) is 25.8 Å². The Balaban J connectivity index is 1.61. The molecule has 0 aliphatic carbocycles. The topological polar surface area (TPSA) is 51.7 Å². The Morgan fingerprint density at radius 2 is 1.60 bits per heavy atom. The summed E-state index contributed by atoms with van der Waals surface area (Å²) < 4.78 is 11.4. The molecule has 0 aliphatic heterocycles. The maximum atomic E-state index is 12.9. The molecule has 1 atom stereocenters. The summed E-state index contributed by atoms with van der Waals surface area (Å²) in [5.41, 5.74) is 1.88. The monoisotopic (exact) mass is 404 g/mol. The first kappa shape index (κ1) is 21.4. The molecule has 0 spiro atoms. The number of hydrogen-bond acceptors (Lipinski definition) is 4. The van der Waals surface area contributed by atoms with E-state index in [-0.39, 0.29) is 11.9 Å². The van der Waals surface area contributed by atoms with Crippen LogP contribution in [-0.2, 0) is 4.79 Å². The molecule has 0 saturated carbocycles. The lowest BCUT2D eigenvalue weighted by molar-refractivity contribution is -0.131. The minimum absolute atomic E-state index is 0.0520. The summed E-state index contributed by atoms with van der Waals surface area (Å²) in [6, 6.07) is 23.1. The number of hydrogen-bond donors (Lipinski definition) is 0. The molecule has 0 fully saturated rings. The van der Waals surface area contributed by atoms with Crippen molar-refractivity contribution in [2.75, 3.05) is 20.3 Å². The summed E-state index contributed by atoms with van der Waals surface area (Å²) >= 11 is 0.